The van der Waals surface area contributed by atoms with Crippen LogP contribution in [0.5, 0.6) is 0 Å². The molecule has 31 heavy (non-hydrogen) atoms. The summed E-state index contributed by atoms with van der Waals surface area (Å²) in [5.74, 6) is -0.888. The van der Waals surface area contributed by atoms with Gasteiger partial charge in [0, 0.05) is 36.7 Å². The standard InChI is InChI=1S/C23H21N5O3/c1-13-4-3-5-15(10-13)21-20(25-26-27(21)2)14-6-7-17-16(11-14)12-28(23(17)31)18-8-9-19(29)24-22(18)30/h3-7,10-11,18H,8-9,12H2,1-2H3,(H,24,29,30). The fourth-order valence-electron chi connectivity index (χ4n) is 4.39. The molecule has 2 aromatic carbocycles. The number of carbonyl (C=O) groups is 3. The number of hydrogen-bond donors (Lipinski definition) is 1. The van der Waals surface area contributed by atoms with Gasteiger partial charge in [0.2, 0.25) is 11.8 Å². The smallest absolute Gasteiger partial charge is 0.255 e. The third kappa shape index (κ3) is 3.20. The molecule has 0 bridgehead atoms. The molecule has 8 heteroatoms. The van der Waals surface area contributed by atoms with Crippen LogP contribution in [-0.2, 0) is 23.2 Å². The highest BCUT2D eigenvalue weighted by Crippen LogP contribution is 2.34. The molecule has 0 spiro atoms. The van der Waals surface area contributed by atoms with Crippen molar-refractivity contribution in [3.05, 3.63) is 59.2 Å². The predicted molar refractivity (Wildman–Crippen MR) is 113 cm³/mol. The molecule has 3 aromatic rings. The van der Waals surface area contributed by atoms with Crippen LogP contribution in [0.3, 0.4) is 0 Å². The van der Waals surface area contributed by atoms with E-state index in [1.165, 1.54) is 0 Å². The van der Waals surface area contributed by atoms with Crippen molar-refractivity contribution in [2.45, 2.75) is 32.4 Å². The number of carbonyl (C=O) groups excluding carboxylic acids is 3. The van der Waals surface area contributed by atoms with E-state index in [-0.39, 0.29) is 18.2 Å². The minimum atomic E-state index is -0.625. The Morgan fingerprint density at radius 1 is 1.06 bits per heavy atom. The Balaban J connectivity index is 1.50. The van der Waals surface area contributed by atoms with Crippen molar-refractivity contribution in [3.63, 3.8) is 0 Å². The summed E-state index contributed by atoms with van der Waals surface area (Å²) in [5, 5.41) is 10.9. The summed E-state index contributed by atoms with van der Waals surface area (Å²) in [5.41, 5.74) is 6.08. The second kappa shape index (κ2) is 7.16. The lowest BCUT2D eigenvalue weighted by molar-refractivity contribution is -0.136. The van der Waals surface area contributed by atoms with E-state index in [0.29, 0.717) is 18.5 Å². The Morgan fingerprint density at radius 2 is 1.90 bits per heavy atom. The van der Waals surface area contributed by atoms with Crippen LogP contribution in [0.4, 0.5) is 0 Å². The summed E-state index contributed by atoms with van der Waals surface area (Å²) in [6.45, 7) is 2.37. The van der Waals surface area contributed by atoms with E-state index in [1.54, 1.807) is 15.6 Å². The minimum absolute atomic E-state index is 0.186. The van der Waals surface area contributed by atoms with Crippen molar-refractivity contribution in [2.24, 2.45) is 7.05 Å². The van der Waals surface area contributed by atoms with Crippen LogP contribution in [0.15, 0.2) is 42.5 Å². The molecule has 2 aliphatic rings. The minimum Gasteiger partial charge on any atom is -0.322 e. The van der Waals surface area contributed by atoms with E-state index in [9.17, 15) is 14.4 Å². The second-order valence-electron chi connectivity index (χ2n) is 8.05. The van der Waals surface area contributed by atoms with E-state index >= 15 is 0 Å². The Hall–Kier alpha value is -3.81. The zero-order valence-electron chi connectivity index (χ0n) is 17.3. The Labute approximate surface area is 178 Å². The number of hydrogen-bond acceptors (Lipinski definition) is 5. The topological polar surface area (TPSA) is 97.2 Å². The predicted octanol–water partition coefficient (Wildman–Crippen LogP) is 2.22. The third-order valence-corrected chi connectivity index (χ3v) is 5.92. The molecule has 1 unspecified atom stereocenters. The lowest BCUT2D eigenvalue weighted by Crippen LogP contribution is -2.52. The van der Waals surface area contributed by atoms with E-state index in [1.807, 2.05) is 44.3 Å². The monoisotopic (exact) mass is 415 g/mol. The van der Waals surface area contributed by atoms with Gasteiger partial charge in [0.15, 0.2) is 0 Å². The molecular formula is C23H21N5O3. The van der Waals surface area contributed by atoms with Crippen LogP contribution in [0.2, 0.25) is 0 Å². The number of aromatic nitrogens is 3. The number of nitrogens with one attached hydrogen (secondary N) is 1. The normalized spacial score (nSPS) is 18.3. The number of piperidine rings is 1. The molecule has 1 N–H and O–H groups in total. The number of amides is 3. The van der Waals surface area contributed by atoms with Crippen molar-refractivity contribution in [2.75, 3.05) is 0 Å². The zero-order valence-corrected chi connectivity index (χ0v) is 17.3. The summed E-state index contributed by atoms with van der Waals surface area (Å²) in [7, 11) is 1.86. The maximum atomic E-state index is 12.9. The number of benzene rings is 2. The van der Waals surface area contributed by atoms with Crippen LogP contribution in [0, 0.1) is 6.92 Å². The maximum absolute atomic E-state index is 12.9. The largest absolute Gasteiger partial charge is 0.322 e. The average molecular weight is 415 g/mol. The zero-order chi connectivity index (χ0) is 21.7. The van der Waals surface area contributed by atoms with Gasteiger partial charge in [-0.15, -0.1) is 5.10 Å². The quantitative estimate of drug-likeness (QED) is 0.662. The molecule has 2 aliphatic heterocycles. The lowest BCUT2D eigenvalue weighted by atomic mass is 10.00. The maximum Gasteiger partial charge on any atom is 0.255 e. The van der Waals surface area contributed by atoms with E-state index in [4.69, 9.17) is 0 Å². The number of rotatable bonds is 3. The number of nitrogens with zero attached hydrogens (tertiary/aromatic N) is 4. The van der Waals surface area contributed by atoms with Crippen LogP contribution < -0.4 is 5.32 Å². The highest BCUT2D eigenvalue weighted by molar-refractivity contribution is 6.05. The molecule has 1 saturated heterocycles. The van der Waals surface area contributed by atoms with Gasteiger partial charge in [0.25, 0.3) is 5.91 Å². The molecule has 8 nitrogen and oxygen atoms in total. The van der Waals surface area contributed by atoms with Gasteiger partial charge in [-0.25, -0.2) is 4.68 Å². The molecular weight excluding hydrogens is 394 g/mol. The van der Waals surface area contributed by atoms with E-state index < -0.39 is 11.9 Å². The first kappa shape index (κ1) is 19.2. The fraction of sp³-hybridized carbons (Fsp3) is 0.261. The van der Waals surface area contributed by atoms with Gasteiger partial charge in [-0.1, -0.05) is 35.0 Å². The van der Waals surface area contributed by atoms with Gasteiger partial charge in [-0.05, 0) is 37.1 Å². The summed E-state index contributed by atoms with van der Waals surface area (Å²) in [4.78, 5) is 38.2. The van der Waals surface area contributed by atoms with Gasteiger partial charge in [-0.2, -0.15) is 0 Å². The SMILES string of the molecule is Cc1cccc(-c2c(-c3ccc4c(c3)CN(C3CCC(=O)NC3=O)C4=O)nnn2C)c1. The Kier molecular flexibility index (Phi) is 4.43. The van der Waals surface area contributed by atoms with Gasteiger partial charge >= 0.3 is 0 Å². The number of aryl methyl sites for hydroxylation is 2. The lowest BCUT2D eigenvalue weighted by Gasteiger charge is -2.29. The van der Waals surface area contributed by atoms with E-state index in [2.05, 4.69) is 21.7 Å². The van der Waals surface area contributed by atoms with Crippen molar-refractivity contribution in [1.82, 2.24) is 25.2 Å². The number of imide groups is 1. The van der Waals surface area contributed by atoms with Gasteiger partial charge < -0.3 is 4.90 Å². The first-order valence-corrected chi connectivity index (χ1v) is 10.2. The molecule has 1 fully saturated rings. The molecule has 0 radical (unpaired) electrons. The summed E-state index contributed by atoms with van der Waals surface area (Å²) in [6.07, 6.45) is 0.583. The summed E-state index contributed by atoms with van der Waals surface area (Å²) >= 11 is 0. The molecule has 3 heterocycles. The molecule has 5 rings (SSSR count). The number of fused-ring (bicyclic) bond motifs is 1. The van der Waals surface area contributed by atoms with Crippen molar-refractivity contribution >= 4 is 17.7 Å². The van der Waals surface area contributed by atoms with Gasteiger partial charge in [0.05, 0.1) is 5.69 Å². The average Bonchev–Trinajstić information content (AvgIpc) is 3.28. The highest BCUT2D eigenvalue weighted by atomic mass is 16.2. The fourth-order valence-corrected chi connectivity index (χ4v) is 4.39. The van der Waals surface area contributed by atoms with E-state index in [0.717, 1.165) is 33.6 Å². The van der Waals surface area contributed by atoms with Crippen molar-refractivity contribution in [3.8, 4) is 22.5 Å². The third-order valence-electron chi connectivity index (χ3n) is 5.92. The molecule has 0 aliphatic carbocycles. The van der Waals surface area contributed by atoms with Crippen LogP contribution in [-0.4, -0.2) is 43.7 Å². The Morgan fingerprint density at radius 3 is 2.68 bits per heavy atom. The first-order chi connectivity index (χ1) is 14.9. The highest BCUT2D eigenvalue weighted by Gasteiger charge is 2.39. The molecule has 1 atom stereocenters. The van der Waals surface area contributed by atoms with Crippen LogP contribution >= 0.6 is 0 Å². The summed E-state index contributed by atoms with van der Waals surface area (Å²) < 4.78 is 1.75. The van der Waals surface area contributed by atoms with Crippen LogP contribution in [0.1, 0.15) is 34.3 Å². The molecule has 0 saturated carbocycles. The van der Waals surface area contributed by atoms with Crippen LogP contribution in [0.25, 0.3) is 22.5 Å². The first-order valence-electron chi connectivity index (χ1n) is 10.2. The second-order valence-corrected chi connectivity index (χ2v) is 8.05. The van der Waals surface area contributed by atoms with Gasteiger partial charge in [0.1, 0.15) is 11.7 Å². The summed E-state index contributed by atoms with van der Waals surface area (Å²) in [6, 6.07) is 13.1. The van der Waals surface area contributed by atoms with Crippen molar-refractivity contribution in [1.29, 1.82) is 0 Å². The molecule has 1 aromatic heterocycles. The molecule has 156 valence electrons. The van der Waals surface area contributed by atoms with Gasteiger partial charge in [-0.3, -0.25) is 19.7 Å². The molecule has 3 amide bonds. The Bertz CT molecular complexity index is 1250. The van der Waals surface area contributed by atoms with Crippen molar-refractivity contribution < 1.29 is 14.4 Å².